The minimum Gasteiger partial charge on any atom is -0.495 e. The van der Waals surface area contributed by atoms with Crippen LogP contribution in [0.2, 0.25) is 5.02 Å². The summed E-state index contributed by atoms with van der Waals surface area (Å²) in [5.41, 5.74) is 0. The smallest absolute Gasteiger partial charge is 0.180 e. The van der Waals surface area contributed by atoms with Crippen molar-refractivity contribution in [3.8, 4) is 11.5 Å². The molecule has 0 heterocycles. The first-order chi connectivity index (χ1) is 6.11. The molecule has 0 aliphatic heterocycles. The highest BCUT2D eigenvalue weighted by Crippen LogP contribution is 2.36. The van der Waals surface area contributed by atoms with E-state index >= 15 is 0 Å². The molecule has 13 heavy (non-hydrogen) atoms. The Balaban J connectivity index is 3.36. The number of rotatable bonds is 2. The molecule has 0 N–H and O–H groups in total. The lowest BCUT2D eigenvalue weighted by molar-refractivity contribution is 0.372. The van der Waals surface area contributed by atoms with Crippen LogP contribution in [0.25, 0.3) is 0 Å². The molecule has 1 rings (SSSR count). The minimum atomic E-state index is -0.464. The highest BCUT2D eigenvalue weighted by molar-refractivity contribution is 14.1. The zero-order valence-corrected chi connectivity index (χ0v) is 9.94. The van der Waals surface area contributed by atoms with Gasteiger partial charge in [0.15, 0.2) is 11.6 Å². The van der Waals surface area contributed by atoms with Gasteiger partial charge in [-0.1, -0.05) is 11.6 Å². The van der Waals surface area contributed by atoms with Crippen molar-refractivity contribution in [1.82, 2.24) is 0 Å². The van der Waals surface area contributed by atoms with E-state index in [9.17, 15) is 4.39 Å². The molecule has 0 aromatic heterocycles. The van der Waals surface area contributed by atoms with Crippen LogP contribution in [-0.4, -0.2) is 14.2 Å². The van der Waals surface area contributed by atoms with Crippen molar-refractivity contribution in [3.05, 3.63) is 20.5 Å². The van der Waals surface area contributed by atoms with Crippen molar-refractivity contribution in [3.63, 3.8) is 0 Å². The molecule has 0 bridgehead atoms. The lowest BCUT2D eigenvalue weighted by atomic mass is 10.3. The standard InChI is InChI=1S/C8H7ClFIO2/c1-12-4-3-5(13-2)7(10)8(11)6(4)9/h3H,1-2H3. The summed E-state index contributed by atoms with van der Waals surface area (Å²) in [5.74, 6) is 0.0730. The summed E-state index contributed by atoms with van der Waals surface area (Å²) in [6.45, 7) is 0. The Labute approximate surface area is 94.1 Å². The van der Waals surface area contributed by atoms with Crippen molar-refractivity contribution >= 4 is 34.2 Å². The summed E-state index contributed by atoms with van der Waals surface area (Å²) in [6, 6.07) is 1.42. The van der Waals surface area contributed by atoms with Crippen LogP contribution in [0.15, 0.2) is 6.07 Å². The fourth-order valence-corrected chi connectivity index (χ4v) is 1.60. The molecule has 0 atom stereocenters. The van der Waals surface area contributed by atoms with Crippen molar-refractivity contribution < 1.29 is 13.9 Å². The van der Waals surface area contributed by atoms with Gasteiger partial charge < -0.3 is 9.47 Å². The Morgan fingerprint density at radius 2 is 1.85 bits per heavy atom. The van der Waals surface area contributed by atoms with Crippen LogP contribution >= 0.6 is 34.2 Å². The van der Waals surface area contributed by atoms with Gasteiger partial charge in [-0.3, -0.25) is 0 Å². The molecule has 0 unspecified atom stereocenters. The maximum atomic E-state index is 13.3. The normalized spacial score (nSPS) is 9.92. The maximum Gasteiger partial charge on any atom is 0.180 e. The molecule has 0 saturated carbocycles. The predicted molar refractivity (Wildman–Crippen MR) is 57.2 cm³/mol. The lowest BCUT2D eigenvalue weighted by Gasteiger charge is -2.09. The molecule has 2 nitrogen and oxygen atoms in total. The number of hydrogen-bond acceptors (Lipinski definition) is 2. The van der Waals surface area contributed by atoms with E-state index in [1.807, 2.05) is 0 Å². The average Bonchev–Trinajstić information content (AvgIpc) is 2.15. The average molecular weight is 316 g/mol. The molecule has 0 aliphatic carbocycles. The van der Waals surface area contributed by atoms with Crippen LogP contribution in [0.1, 0.15) is 0 Å². The van der Waals surface area contributed by atoms with E-state index in [1.165, 1.54) is 20.3 Å². The Bertz CT molecular complexity index is 302. The quantitative estimate of drug-likeness (QED) is 0.616. The number of methoxy groups -OCH3 is 2. The molecule has 1 aromatic rings. The van der Waals surface area contributed by atoms with E-state index in [0.29, 0.717) is 9.32 Å². The summed E-state index contributed by atoms with van der Waals surface area (Å²) < 4.78 is 23.4. The molecule has 0 radical (unpaired) electrons. The fraction of sp³-hybridized carbons (Fsp3) is 0.250. The van der Waals surface area contributed by atoms with E-state index in [1.54, 1.807) is 22.6 Å². The van der Waals surface area contributed by atoms with Crippen LogP contribution in [0.3, 0.4) is 0 Å². The Morgan fingerprint density at radius 3 is 2.31 bits per heavy atom. The molecular weight excluding hydrogens is 309 g/mol. The Hall–Kier alpha value is -0.230. The van der Waals surface area contributed by atoms with E-state index in [0.717, 1.165) is 0 Å². The topological polar surface area (TPSA) is 18.5 Å². The molecule has 5 heteroatoms. The van der Waals surface area contributed by atoms with Crippen LogP contribution in [0, 0.1) is 9.39 Å². The maximum absolute atomic E-state index is 13.3. The highest BCUT2D eigenvalue weighted by Gasteiger charge is 2.15. The first-order valence-corrected chi connectivity index (χ1v) is 4.83. The molecule has 0 aliphatic rings. The molecule has 0 spiro atoms. The predicted octanol–water partition coefficient (Wildman–Crippen LogP) is 3.10. The molecule has 1 aromatic carbocycles. The number of benzene rings is 1. The first kappa shape index (κ1) is 10.8. The first-order valence-electron chi connectivity index (χ1n) is 3.37. The Morgan fingerprint density at radius 1 is 1.31 bits per heavy atom. The summed E-state index contributed by atoms with van der Waals surface area (Å²) >= 11 is 7.60. The number of hydrogen-bond donors (Lipinski definition) is 0. The van der Waals surface area contributed by atoms with Crippen LogP contribution in [-0.2, 0) is 0 Å². The van der Waals surface area contributed by atoms with Gasteiger partial charge in [0.2, 0.25) is 0 Å². The second-order valence-corrected chi connectivity index (χ2v) is 3.68. The van der Waals surface area contributed by atoms with Crippen LogP contribution < -0.4 is 9.47 Å². The van der Waals surface area contributed by atoms with E-state index in [4.69, 9.17) is 21.1 Å². The lowest BCUT2D eigenvalue weighted by Crippen LogP contribution is -1.95. The van der Waals surface area contributed by atoms with Crippen molar-refractivity contribution in [1.29, 1.82) is 0 Å². The van der Waals surface area contributed by atoms with Gasteiger partial charge in [-0.25, -0.2) is 4.39 Å². The third-order valence-corrected chi connectivity index (χ3v) is 3.23. The Kier molecular flexibility index (Phi) is 3.61. The largest absolute Gasteiger partial charge is 0.495 e. The van der Waals surface area contributed by atoms with Gasteiger partial charge in [0, 0.05) is 6.07 Å². The van der Waals surface area contributed by atoms with Gasteiger partial charge in [-0.05, 0) is 22.6 Å². The minimum absolute atomic E-state index is 0.130. The van der Waals surface area contributed by atoms with Crippen molar-refractivity contribution in [2.45, 2.75) is 0 Å². The van der Waals surface area contributed by atoms with Gasteiger partial charge in [-0.2, -0.15) is 0 Å². The monoisotopic (exact) mass is 316 g/mol. The number of ether oxygens (including phenoxy) is 2. The SMILES string of the molecule is COc1cc(OC)c(Cl)c(I)c1F. The summed E-state index contributed by atoms with van der Waals surface area (Å²) in [7, 11) is 2.86. The summed E-state index contributed by atoms with van der Waals surface area (Å²) in [6.07, 6.45) is 0. The molecule has 0 amide bonds. The summed E-state index contributed by atoms with van der Waals surface area (Å²) in [5, 5.41) is 0.265. The second-order valence-electron chi connectivity index (χ2n) is 2.22. The third kappa shape index (κ3) is 1.99. The third-order valence-electron chi connectivity index (χ3n) is 1.52. The molecule has 0 fully saturated rings. The van der Waals surface area contributed by atoms with Gasteiger partial charge in [0.1, 0.15) is 5.75 Å². The van der Waals surface area contributed by atoms with E-state index in [2.05, 4.69) is 0 Å². The van der Waals surface area contributed by atoms with E-state index in [-0.39, 0.29) is 10.8 Å². The molecule has 0 saturated heterocycles. The molecular formula is C8H7ClFIO2. The van der Waals surface area contributed by atoms with Crippen molar-refractivity contribution in [2.75, 3.05) is 14.2 Å². The van der Waals surface area contributed by atoms with Crippen molar-refractivity contribution in [2.24, 2.45) is 0 Å². The van der Waals surface area contributed by atoms with Crippen LogP contribution in [0.4, 0.5) is 4.39 Å². The number of halogens is 3. The van der Waals surface area contributed by atoms with Crippen LogP contribution in [0.5, 0.6) is 11.5 Å². The van der Waals surface area contributed by atoms with E-state index < -0.39 is 5.82 Å². The van der Waals surface area contributed by atoms with Gasteiger partial charge in [0.05, 0.1) is 22.8 Å². The fourth-order valence-electron chi connectivity index (χ4n) is 0.856. The second kappa shape index (κ2) is 4.32. The zero-order chi connectivity index (χ0) is 10.0. The van der Waals surface area contributed by atoms with Gasteiger partial charge >= 0.3 is 0 Å². The molecule has 72 valence electrons. The summed E-state index contributed by atoms with van der Waals surface area (Å²) in [4.78, 5) is 0. The van der Waals surface area contributed by atoms with Gasteiger partial charge in [-0.15, -0.1) is 0 Å². The van der Waals surface area contributed by atoms with Gasteiger partial charge in [0.25, 0.3) is 0 Å². The highest BCUT2D eigenvalue weighted by atomic mass is 127. The zero-order valence-electron chi connectivity index (χ0n) is 7.03.